The third-order valence-corrected chi connectivity index (χ3v) is 33.9. The van der Waals surface area contributed by atoms with E-state index in [2.05, 4.69) is 125 Å². The first kappa shape index (κ1) is 62.4. The molecule has 6 bridgehead atoms. The number of ketones is 1. The van der Waals surface area contributed by atoms with E-state index in [1.54, 1.807) is 7.11 Å². The standard InChI is InChI=1S/C58H103BrO13Si3/c1-18-75(19-2,20-3)63-27-21-22-41-28-36(4)38(6)46(65-41)33-47-44(50(62-13)48(67-47)32-43(72-74(16,17)57(10,11)12)35-64-73(14,15)56(7,8)9)31-40(61)30-42-23-24-45-51(66-42)55-54-53(68-45)52-49(69-54)34-58(70-52,71-55)26-25-39(60)29-37(5)59/h36,39,41-55,60H,5-6,18-35H2,1-4,7-17H3/t36-,39?,41+,42-,43?,44+,45+,46-,47+,48-,49-,50-,51+,52+,53+,54-,55+,58+/m1/s1. The molecule has 8 aliphatic heterocycles. The average molecular weight is 1170 g/mol. The van der Waals surface area contributed by atoms with E-state index in [0.717, 1.165) is 60.5 Å². The van der Waals surface area contributed by atoms with Gasteiger partial charge in [-0.15, -0.1) is 0 Å². The van der Waals surface area contributed by atoms with Crippen molar-refractivity contribution in [2.75, 3.05) is 20.3 Å². The molecule has 0 aromatic rings. The summed E-state index contributed by atoms with van der Waals surface area (Å²) >= 11 is 3.40. The van der Waals surface area contributed by atoms with E-state index in [1.807, 2.05) is 0 Å². The van der Waals surface area contributed by atoms with Crippen LogP contribution in [0.15, 0.2) is 23.2 Å². The summed E-state index contributed by atoms with van der Waals surface area (Å²) in [6.07, 6.45) is 3.86. The molecule has 432 valence electrons. The van der Waals surface area contributed by atoms with Gasteiger partial charge in [0.05, 0.1) is 67.6 Å². The molecule has 17 heteroatoms. The predicted octanol–water partition coefficient (Wildman–Crippen LogP) is 12.5. The van der Waals surface area contributed by atoms with Gasteiger partial charge in [-0.25, -0.2) is 0 Å². The Labute approximate surface area is 465 Å². The van der Waals surface area contributed by atoms with Gasteiger partial charge in [-0.3, -0.25) is 4.79 Å². The van der Waals surface area contributed by atoms with Crippen LogP contribution >= 0.6 is 15.9 Å². The van der Waals surface area contributed by atoms with Crippen LogP contribution in [0, 0.1) is 11.8 Å². The Morgan fingerprint density at radius 1 is 0.827 bits per heavy atom. The molecule has 1 N–H and O–H groups in total. The van der Waals surface area contributed by atoms with Gasteiger partial charge < -0.3 is 56.3 Å². The fraction of sp³-hybridized carbons (Fsp3) is 0.914. The van der Waals surface area contributed by atoms with E-state index in [9.17, 15) is 9.90 Å². The normalized spacial score (nSPS) is 36.9. The Kier molecular flexibility index (Phi) is 20.9. The van der Waals surface area contributed by atoms with Gasteiger partial charge in [0.25, 0.3) is 0 Å². The van der Waals surface area contributed by atoms with Crippen LogP contribution in [0.3, 0.4) is 0 Å². The number of halogens is 1. The first-order valence-corrected chi connectivity index (χ1v) is 38.5. The first-order chi connectivity index (χ1) is 35.1. The molecule has 8 fully saturated rings. The quantitative estimate of drug-likeness (QED) is 0.0475. The van der Waals surface area contributed by atoms with E-state index in [0.29, 0.717) is 57.5 Å². The number of aliphatic hydroxyl groups is 1. The van der Waals surface area contributed by atoms with Crippen molar-refractivity contribution in [1.29, 1.82) is 0 Å². The molecule has 0 saturated carbocycles. The highest BCUT2D eigenvalue weighted by Gasteiger charge is 2.69. The number of carbonyl (C=O) groups is 1. The van der Waals surface area contributed by atoms with Crippen molar-refractivity contribution in [1.82, 2.24) is 0 Å². The van der Waals surface area contributed by atoms with Crippen LogP contribution in [0.4, 0.5) is 0 Å². The Hall–Kier alpha value is -0.199. The molecule has 0 aliphatic carbocycles. The Morgan fingerprint density at radius 2 is 1.48 bits per heavy atom. The number of hydrogen-bond donors (Lipinski definition) is 1. The summed E-state index contributed by atoms with van der Waals surface area (Å²) in [7, 11) is -4.29. The van der Waals surface area contributed by atoms with Crippen molar-refractivity contribution in [2.24, 2.45) is 11.8 Å². The molecule has 18 atom stereocenters. The minimum Gasteiger partial charge on any atom is -0.417 e. The van der Waals surface area contributed by atoms with E-state index in [-0.39, 0.29) is 108 Å². The second-order valence-corrected chi connectivity index (χ2v) is 42.5. The van der Waals surface area contributed by atoms with Crippen LogP contribution < -0.4 is 0 Å². The van der Waals surface area contributed by atoms with E-state index in [4.69, 9.17) is 51.2 Å². The lowest BCUT2D eigenvalue weighted by Gasteiger charge is -2.47. The molecule has 2 unspecified atom stereocenters. The molecule has 8 heterocycles. The first-order valence-electron chi connectivity index (χ1n) is 29.4. The number of ether oxygens (including phenoxy) is 8. The third kappa shape index (κ3) is 14.5. The van der Waals surface area contributed by atoms with Crippen molar-refractivity contribution >= 4 is 46.7 Å². The lowest BCUT2D eigenvalue weighted by Crippen LogP contribution is -2.61. The highest BCUT2D eigenvalue weighted by molar-refractivity contribution is 9.11. The van der Waals surface area contributed by atoms with Gasteiger partial charge >= 0.3 is 0 Å². The summed E-state index contributed by atoms with van der Waals surface area (Å²) in [5, 5.41) is 10.8. The predicted molar refractivity (Wildman–Crippen MR) is 306 cm³/mol. The van der Waals surface area contributed by atoms with E-state index >= 15 is 0 Å². The van der Waals surface area contributed by atoms with Crippen LogP contribution in [0.2, 0.25) is 54.4 Å². The van der Waals surface area contributed by atoms with Gasteiger partial charge in [-0.05, 0) is 109 Å². The number of aliphatic hydroxyl groups excluding tert-OH is 1. The van der Waals surface area contributed by atoms with Crippen LogP contribution in [0.25, 0.3) is 0 Å². The largest absolute Gasteiger partial charge is 0.417 e. The van der Waals surface area contributed by atoms with Crippen LogP contribution in [0.5, 0.6) is 0 Å². The molecular formula is C58H103BrO13Si3. The number of methoxy groups -OCH3 is 1. The fourth-order valence-corrected chi connectivity index (χ4v) is 18.3. The van der Waals surface area contributed by atoms with Gasteiger partial charge in [0, 0.05) is 64.6 Å². The zero-order valence-electron chi connectivity index (χ0n) is 49.2. The summed E-state index contributed by atoms with van der Waals surface area (Å²) in [5.41, 5.74) is 1.09. The average Bonchev–Trinajstić information content (AvgIpc) is 3.89. The van der Waals surface area contributed by atoms with Gasteiger partial charge in [0.2, 0.25) is 0 Å². The molecule has 8 saturated heterocycles. The highest BCUT2D eigenvalue weighted by atomic mass is 79.9. The summed E-state index contributed by atoms with van der Waals surface area (Å²) in [6.45, 7) is 41.8. The summed E-state index contributed by atoms with van der Waals surface area (Å²) in [5.74, 6) is -0.724. The lowest BCUT2D eigenvalue weighted by atomic mass is 9.81. The molecule has 8 rings (SSSR count). The van der Waals surface area contributed by atoms with Crippen molar-refractivity contribution in [2.45, 2.75) is 304 Å². The molecule has 0 radical (unpaired) electrons. The lowest BCUT2D eigenvalue weighted by molar-refractivity contribution is -0.292. The molecular weight excluding hydrogens is 1070 g/mol. The van der Waals surface area contributed by atoms with Crippen molar-refractivity contribution in [3.8, 4) is 0 Å². The number of Topliss-reactive ketones (excluding diaryl/α,β-unsaturated/α-hetero) is 1. The minimum absolute atomic E-state index is 0.00816. The Morgan fingerprint density at radius 3 is 2.12 bits per heavy atom. The number of rotatable bonds is 27. The van der Waals surface area contributed by atoms with Crippen molar-refractivity contribution < 1.29 is 61.1 Å². The zero-order valence-corrected chi connectivity index (χ0v) is 53.8. The molecule has 0 amide bonds. The SMILES string of the molecule is C=C(Br)CC(O)CC[C@@]12C[C@H]3O[C@H]4[C@@H](O1)[C@H]1O[C@@H](CC(=O)C[C@@H]5[C@@H](OC)[C@@H](CC(CO[Si](C)(C)C(C)(C)C)O[Si](C)(C)C(C)(C)C)O[C@H]5C[C@H]5O[C@@H](CCCO[Si](CC)(CC)CC)C[C@@H](C)C5=C)CC[C@@H]1O[C@H]4[C@H]3O2. The number of carbonyl (C=O) groups excluding carboxylic acids is 1. The Balaban J connectivity index is 1.08. The smallest absolute Gasteiger partial charge is 0.192 e. The maximum absolute atomic E-state index is 14.8. The topological polar surface area (TPSA) is 139 Å². The fourth-order valence-electron chi connectivity index (χ4n) is 12.9. The zero-order chi connectivity index (χ0) is 55.1. The maximum atomic E-state index is 14.8. The number of hydrogen-bond acceptors (Lipinski definition) is 13. The van der Waals surface area contributed by atoms with Gasteiger partial charge in [0.15, 0.2) is 30.7 Å². The molecule has 75 heavy (non-hydrogen) atoms. The van der Waals surface area contributed by atoms with E-state index in [1.165, 1.54) is 0 Å². The second-order valence-electron chi connectivity index (χ2n) is 27.0. The van der Waals surface area contributed by atoms with Crippen molar-refractivity contribution in [3.63, 3.8) is 0 Å². The maximum Gasteiger partial charge on any atom is 0.192 e. The van der Waals surface area contributed by atoms with Crippen LogP contribution in [-0.4, -0.2) is 154 Å². The van der Waals surface area contributed by atoms with Crippen molar-refractivity contribution in [3.05, 3.63) is 23.2 Å². The number of fused-ring (bicyclic) bond motifs is 1. The summed E-state index contributed by atoms with van der Waals surface area (Å²) < 4.78 is 76.5. The van der Waals surface area contributed by atoms with Gasteiger partial charge in [-0.1, -0.05) is 98.3 Å². The highest BCUT2D eigenvalue weighted by Crippen LogP contribution is 2.54. The third-order valence-electron chi connectivity index (χ3n) is 19.8. The Bertz CT molecular complexity index is 1910. The molecule has 0 aromatic carbocycles. The van der Waals surface area contributed by atoms with E-state index < -0.39 is 49.1 Å². The molecule has 13 nitrogen and oxygen atoms in total. The monoisotopic (exact) mass is 1170 g/mol. The van der Waals surface area contributed by atoms with Gasteiger partial charge in [-0.2, -0.15) is 0 Å². The van der Waals surface area contributed by atoms with Crippen LogP contribution in [0.1, 0.15) is 153 Å². The minimum atomic E-state index is -2.25. The summed E-state index contributed by atoms with van der Waals surface area (Å²) in [4.78, 5) is 14.8. The van der Waals surface area contributed by atoms with Gasteiger partial charge in [0.1, 0.15) is 36.3 Å². The molecule has 8 aliphatic rings. The van der Waals surface area contributed by atoms with Crippen LogP contribution in [-0.2, 0) is 56.0 Å². The molecule has 0 spiro atoms. The summed E-state index contributed by atoms with van der Waals surface area (Å²) in [6, 6.07) is 3.45. The molecule has 0 aromatic heterocycles. The second kappa shape index (κ2) is 25.1.